The van der Waals surface area contributed by atoms with Gasteiger partial charge in [-0.2, -0.15) is 0 Å². The highest BCUT2D eigenvalue weighted by molar-refractivity contribution is 7.14. The monoisotopic (exact) mass is 508 g/mol. The van der Waals surface area contributed by atoms with E-state index in [9.17, 15) is 19.2 Å². The van der Waals surface area contributed by atoms with E-state index in [0.29, 0.717) is 30.3 Å². The summed E-state index contributed by atoms with van der Waals surface area (Å²) in [4.78, 5) is 55.7. The molecule has 2 unspecified atom stereocenters. The molecule has 0 bridgehead atoms. The number of hydrogen-bond acceptors (Lipinski definition) is 8. The van der Waals surface area contributed by atoms with E-state index in [4.69, 9.17) is 14.6 Å². The molecule has 3 aromatic rings. The van der Waals surface area contributed by atoms with Crippen LogP contribution >= 0.6 is 11.3 Å². The maximum absolute atomic E-state index is 13.5. The van der Waals surface area contributed by atoms with Crippen molar-refractivity contribution in [1.29, 1.82) is 0 Å². The fraction of sp³-hybridized carbons (Fsp3) is 0.208. The molecule has 184 valence electrons. The van der Waals surface area contributed by atoms with Crippen LogP contribution in [0.1, 0.15) is 27.7 Å². The highest BCUT2D eigenvalue weighted by atomic mass is 32.1. The van der Waals surface area contributed by atoms with Crippen molar-refractivity contribution in [2.45, 2.75) is 18.5 Å². The Balaban J connectivity index is 1.42. The number of benzene rings is 2. The first-order valence-corrected chi connectivity index (χ1v) is 11.9. The molecule has 1 aromatic heterocycles. The topological polar surface area (TPSA) is 147 Å². The number of hydrogen-bond donors (Lipinski definition) is 3. The quantitative estimate of drug-likeness (QED) is 0.413. The van der Waals surface area contributed by atoms with Crippen molar-refractivity contribution >= 4 is 40.3 Å². The maximum Gasteiger partial charge on any atom is 0.355 e. The Kier molecular flexibility index (Phi) is 6.25. The van der Waals surface area contributed by atoms with Gasteiger partial charge in [-0.15, -0.1) is 11.3 Å². The molecule has 0 aliphatic carbocycles. The third-order valence-electron chi connectivity index (χ3n) is 5.71. The summed E-state index contributed by atoms with van der Waals surface area (Å²) in [6.07, 6.45) is 0.0524. The normalized spacial score (nSPS) is 17.4. The van der Waals surface area contributed by atoms with E-state index in [1.807, 2.05) is 6.07 Å². The maximum atomic E-state index is 13.5. The van der Waals surface area contributed by atoms with Gasteiger partial charge in [0.15, 0.2) is 22.3 Å². The van der Waals surface area contributed by atoms with Crippen molar-refractivity contribution in [3.05, 3.63) is 70.7 Å². The van der Waals surface area contributed by atoms with Gasteiger partial charge in [-0.3, -0.25) is 9.59 Å². The number of anilines is 1. The minimum Gasteiger partial charge on any atom is -0.486 e. The van der Waals surface area contributed by atoms with E-state index in [-0.39, 0.29) is 17.2 Å². The molecule has 11 nitrogen and oxygen atoms in total. The van der Waals surface area contributed by atoms with Gasteiger partial charge in [0.05, 0.1) is 0 Å². The summed E-state index contributed by atoms with van der Waals surface area (Å²) in [6.45, 7) is 0.787. The average Bonchev–Trinajstić information content (AvgIpc) is 3.47. The minimum absolute atomic E-state index is 0.0471. The molecule has 36 heavy (non-hydrogen) atoms. The van der Waals surface area contributed by atoms with Gasteiger partial charge in [0, 0.05) is 11.8 Å². The van der Waals surface area contributed by atoms with Crippen LogP contribution in [0, 0.1) is 0 Å². The molecule has 2 aromatic carbocycles. The van der Waals surface area contributed by atoms with Crippen LogP contribution in [0.4, 0.5) is 9.93 Å². The van der Waals surface area contributed by atoms with Gasteiger partial charge in [-0.25, -0.2) is 19.5 Å². The number of urea groups is 1. The Morgan fingerprint density at radius 3 is 2.61 bits per heavy atom. The van der Waals surface area contributed by atoms with E-state index in [1.165, 1.54) is 5.38 Å². The smallest absolute Gasteiger partial charge is 0.355 e. The zero-order valence-corrected chi connectivity index (χ0v) is 19.5. The molecule has 12 heteroatoms. The van der Waals surface area contributed by atoms with Crippen LogP contribution in [0.2, 0.25) is 0 Å². The number of carbonyl (C=O) groups is 4. The molecule has 0 radical (unpaired) electrons. The van der Waals surface area contributed by atoms with Gasteiger partial charge in [0.25, 0.3) is 5.91 Å². The lowest BCUT2D eigenvalue weighted by Crippen LogP contribution is -2.49. The van der Waals surface area contributed by atoms with Crippen molar-refractivity contribution in [1.82, 2.24) is 15.2 Å². The molecule has 2 atom stereocenters. The Hall–Kier alpha value is -4.45. The summed E-state index contributed by atoms with van der Waals surface area (Å²) in [5, 5.41) is 15.6. The predicted molar refractivity (Wildman–Crippen MR) is 127 cm³/mol. The molecule has 1 saturated heterocycles. The lowest BCUT2D eigenvalue weighted by atomic mass is 10.0. The second kappa shape index (κ2) is 9.66. The third kappa shape index (κ3) is 4.58. The summed E-state index contributed by atoms with van der Waals surface area (Å²) in [5.74, 6) is -1.49. The highest BCUT2D eigenvalue weighted by Crippen LogP contribution is 2.35. The number of imide groups is 1. The summed E-state index contributed by atoms with van der Waals surface area (Å²) in [7, 11) is 0. The van der Waals surface area contributed by atoms with Crippen molar-refractivity contribution in [2.24, 2.45) is 0 Å². The zero-order chi connectivity index (χ0) is 25.2. The van der Waals surface area contributed by atoms with Crippen LogP contribution < -0.4 is 20.1 Å². The molecular formula is C24H20N4O7S. The number of rotatable bonds is 7. The third-order valence-corrected chi connectivity index (χ3v) is 6.47. The standard InChI is InChI=1S/C24H20N4O7S/c29-20(27-23-25-15(12-36-23)22(31)32)16(10-13-4-2-1-3-5-13)28-21(30)19(26-24(28)33)14-6-7-17-18(11-14)35-9-8-34-17/h1-7,11-12,16,19H,8-10H2,(H,26,33)(H,31,32)(H,25,27,29). The van der Waals surface area contributed by atoms with E-state index in [1.54, 1.807) is 42.5 Å². The van der Waals surface area contributed by atoms with E-state index in [2.05, 4.69) is 15.6 Å². The Morgan fingerprint density at radius 2 is 1.89 bits per heavy atom. The number of carboxylic acid groups (broad SMARTS) is 1. The zero-order valence-electron chi connectivity index (χ0n) is 18.7. The first-order chi connectivity index (χ1) is 17.4. The molecule has 0 saturated carbocycles. The molecule has 4 amide bonds. The fourth-order valence-electron chi connectivity index (χ4n) is 4.01. The predicted octanol–water partition coefficient (Wildman–Crippen LogP) is 2.46. The van der Waals surface area contributed by atoms with E-state index >= 15 is 0 Å². The van der Waals surface area contributed by atoms with Crippen molar-refractivity contribution in [3.8, 4) is 11.5 Å². The van der Waals surface area contributed by atoms with Crippen LogP contribution in [0.15, 0.2) is 53.9 Å². The molecule has 1 fully saturated rings. The lowest BCUT2D eigenvalue weighted by molar-refractivity contribution is -0.134. The number of nitrogens with zero attached hydrogens (tertiary/aromatic N) is 2. The van der Waals surface area contributed by atoms with Crippen LogP contribution in [0.5, 0.6) is 11.5 Å². The van der Waals surface area contributed by atoms with Crippen molar-refractivity contribution in [2.75, 3.05) is 18.5 Å². The molecule has 2 aliphatic rings. The Bertz CT molecular complexity index is 1340. The number of aromatic nitrogens is 1. The SMILES string of the molecule is O=C(O)c1csc(NC(=O)C(Cc2ccccc2)N2C(=O)NC(c3ccc4c(c3)OCCO4)C2=O)n1. The van der Waals surface area contributed by atoms with Crippen LogP contribution in [-0.2, 0) is 16.0 Å². The number of carbonyl (C=O) groups excluding carboxylic acids is 3. The van der Waals surface area contributed by atoms with E-state index < -0.39 is 35.9 Å². The van der Waals surface area contributed by atoms with E-state index in [0.717, 1.165) is 21.8 Å². The molecule has 0 spiro atoms. The fourth-order valence-corrected chi connectivity index (χ4v) is 4.70. The average molecular weight is 509 g/mol. The second-order valence-electron chi connectivity index (χ2n) is 8.03. The number of aromatic carboxylic acids is 1. The van der Waals surface area contributed by atoms with Crippen LogP contribution in [0.25, 0.3) is 0 Å². The summed E-state index contributed by atoms with van der Waals surface area (Å²) in [5.41, 5.74) is 1.000. The number of carboxylic acids is 1. The first-order valence-electron chi connectivity index (χ1n) is 11.0. The summed E-state index contributed by atoms with van der Waals surface area (Å²) in [6, 6.07) is 11.0. The van der Waals surface area contributed by atoms with Crippen molar-refractivity contribution < 1.29 is 33.8 Å². The van der Waals surface area contributed by atoms with Gasteiger partial charge in [-0.05, 0) is 23.3 Å². The van der Waals surface area contributed by atoms with Crippen LogP contribution in [-0.4, -0.2) is 58.1 Å². The van der Waals surface area contributed by atoms with Gasteiger partial charge in [-0.1, -0.05) is 36.4 Å². The molecular weight excluding hydrogens is 488 g/mol. The molecule has 5 rings (SSSR count). The molecule has 3 heterocycles. The number of fused-ring (bicyclic) bond motifs is 1. The van der Waals surface area contributed by atoms with Gasteiger partial charge in [0.1, 0.15) is 25.3 Å². The Morgan fingerprint density at radius 1 is 1.14 bits per heavy atom. The first kappa shape index (κ1) is 23.3. The minimum atomic E-state index is -1.23. The second-order valence-corrected chi connectivity index (χ2v) is 8.89. The molecule has 2 aliphatic heterocycles. The number of ether oxygens (including phenoxy) is 2. The van der Waals surface area contributed by atoms with Gasteiger partial charge in [0.2, 0.25) is 5.91 Å². The summed E-state index contributed by atoms with van der Waals surface area (Å²) < 4.78 is 11.1. The summed E-state index contributed by atoms with van der Waals surface area (Å²) >= 11 is 0.931. The lowest BCUT2D eigenvalue weighted by Gasteiger charge is -2.24. The highest BCUT2D eigenvalue weighted by Gasteiger charge is 2.45. The largest absolute Gasteiger partial charge is 0.486 e. The number of thiazole rings is 1. The van der Waals surface area contributed by atoms with Crippen LogP contribution in [0.3, 0.4) is 0 Å². The van der Waals surface area contributed by atoms with Gasteiger partial charge < -0.3 is 25.2 Å². The molecule has 3 N–H and O–H groups in total. The van der Waals surface area contributed by atoms with Gasteiger partial charge >= 0.3 is 12.0 Å². The Labute approximate surface area is 208 Å². The number of amides is 4. The van der Waals surface area contributed by atoms with Crippen molar-refractivity contribution in [3.63, 3.8) is 0 Å². The number of nitrogens with one attached hydrogen (secondary N) is 2.